The number of nitrogens with one attached hydrogen (secondary N) is 1. The summed E-state index contributed by atoms with van der Waals surface area (Å²) < 4.78 is 4.98. The van der Waals surface area contributed by atoms with Gasteiger partial charge in [-0.25, -0.2) is 9.78 Å². The fourth-order valence-corrected chi connectivity index (χ4v) is 3.57. The highest BCUT2D eigenvalue weighted by molar-refractivity contribution is 7.99. The summed E-state index contributed by atoms with van der Waals surface area (Å²) in [6, 6.07) is 0.463. The number of ether oxygens (including phenoxy) is 1. The van der Waals surface area contributed by atoms with Crippen LogP contribution in [0.2, 0.25) is 0 Å². The molecule has 1 fully saturated rings. The first-order valence-electron chi connectivity index (χ1n) is 5.76. The van der Waals surface area contributed by atoms with Crippen molar-refractivity contribution in [2.24, 2.45) is 0 Å². The Morgan fingerprint density at radius 1 is 1.59 bits per heavy atom. The Labute approximate surface area is 109 Å². The first-order chi connectivity index (χ1) is 8.31. The van der Waals surface area contributed by atoms with Crippen LogP contribution in [0.25, 0.3) is 0 Å². The highest BCUT2D eigenvalue weighted by Gasteiger charge is 2.20. The molecular weight excluding hydrogens is 256 g/mol. The highest BCUT2D eigenvalue weighted by Crippen LogP contribution is 2.26. The van der Waals surface area contributed by atoms with Crippen LogP contribution in [0.3, 0.4) is 0 Å². The number of hydrogen-bond donors (Lipinski definition) is 1. The summed E-state index contributed by atoms with van der Waals surface area (Å²) in [5, 5.41) is 4.26. The zero-order chi connectivity index (χ0) is 12.1. The van der Waals surface area contributed by atoms with Crippen LogP contribution < -0.4 is 5.32 Å². The number of rotatable bonds is 4. The second-order valence-electron chi connectivity index (χ2n) is 3.78. The van der Waals surface area contributed by atoms with E-state index in [1.807, 2.05) is 11.8 Å². The topological polar surface area (TPSA) is 51.2 Å². The second kappa shape index (κ2) is 6.26. The minimum Gasteiger partial charge on any atom is -0.461 e. The largest absolute Gasteiger partial charge is 0.461 e. The van der Waals surface area contributed by atoms with Gasteiger partial charge in [-0.15, -0.1) is 11.3 Å². The number of nitrogens with zero attached hydrogens (tertiary/aromatic N) is 1. The third kappa shape index (κ3) is 3.35. The predicted octanol–water partition coefficient (Wildman–Crippen LogP) is 2.63. The summed E-state index contributed by atoms with van der Waals surface area (Å²) >= 11 is 3.45. The summed E-state index contributed by atoms with van der Waals surface area (Å²) in [4.78, 5) is 15.7. The molecule has 0 atom stereocenters. The van der Waals surface area contributed by atoms with Crippen LogP contribution >= 0.6 is 23.1 Å². The Balaban J connectivity index is 2.00. The molecule has 2 heterocycles. The molecule has 4 nitrogen and oxygen atoms in total. The van der Waals surface area contributed by atoms with Crippen molar-refractivity contribution in [2.45, 2.75) is 25.8 Å². The molecule has 94 valence electrons. The molecule has 0 aromatic carbocycles. The lowest BCUT2D eigenvalue weighted by Crippen LogP contribution is -2.25. The summed E-state index contributed by atoms with van der Waals surface area (Å²) in [7, 11) is 0. The number of carbonyl (C=O) groups excluding carboxylic acids is 1. The maximum absolute atomic E-state index is 11.6. The highest BCUT2D eigenvalue weighted by atomic mass is 32.2. The Morgan fingerprint density at radius 3 is 3.06 bits per heavy atom. The molecule has 1 aromatic heterocycles. The fourth-order valence-electron chi connectivity index (χ4n) is 1.72. The van der Waals surface area contributed by atoms with Gasteiger partial charge in [-0.1, -0.05) is 0 Å². The van der Waals surface area contributed by atoms with Gasteiger partial charge in [0, 0.05) is 6.04 Å². The van der Waals surface area contributed by atoms with Crippen LogP contribution in [0.4, 0.5) is 5.00 Å². The van der Waals surface area contributed by atoms with E-state index in [4.69, 9.17) is 4.74 Å². The number of thiazole rings is 1. The van der Waals surface area contributed by atoms with E-state index in [0.29, 0.717) is 18.3 Å². The van der Waals surface area contributed by atoms with E-state index >= 15 is 0 Å². The predicted molar refractivity (Wildman–Crippen MR) is 72.0 cm³/mol. The van der Waals surface area contributed by atoms with Crippen LogP contribution in [0.15, 0.2) is 5.51 Å². The lowest BCUT2D eigenvalue weighted by molar-refractivity contribution is 0.0521. The van der Waals surface area contributed by atoms with E-state index in [1.165, 1.54) is 22.8 Å². The van der Waals surface area contributed by atoms with E-state index < -0.39 is 0 Å². The van der Waals surface area contributed by atoms with Gasteiger partial charge in [0.05, 0.1) is 12.1 Å². The van der Waals surface area contributed by atoms with Gasteiger partial charge in [0.1, 0.15) is 5.00 Å². The zero-order valence-electron chi connectivity index (χ0n) is 9.77. The van der Waals surface area contributed by atoms with Crippen LogP contribution in [0, 0.1) is 0 Å². The van der Waals surface area contributed by atoms with Gasteiger partial charge in [0.15, 0.2) is 5.69 Å². The molecule has 1 saturated heterocycles. The van der Waals surface area contributed by atoms with Crippen molar-refractivity contribution in [3.05, 3.63) is 11.2 Å². The van der Waals surface area contributed by atoms with Gasteiger partial charge in [0.2, 0.25) is 0 Å². The second-order valence-corrected chi connectivity index (χ2v) is 5.86. The van der Waals surface area contributed by atoms with Crippen molar-refractivity contribution in [2.75, 3.05) is 23.4 Å². The Morgan fingerprint density at radius 2 is 2.35 bits per heavy atom. The van der Waals surface area contributed by atoms with Crippen molar-refractivity contribution in [3.8, 4) is 0 Å². The van der Waals surface area contributed by atoms with Crippen LogP contribution in [0.5, 0.6) is 0 Å². The third-order valence-electron chi connectivity index (χ3n) is 2.59. The summed E-state index contributed by atoms with van der Waals surface area (Å²) in [5.41, 5.74) is 2.11. The SMILES string of the molecule is CCOC(=O)c1ncsc1NC1CCSCC1. The molecule has 1 aliphatic heterocycles. The molecule has 1 aliphatic rings. The molecule has 0 bridgehead atoms. The van der Waals surface area contributed by atoms with E-state index in [9.17, 15) is 4.79 Å². The van der Waals surface area contributed by atoms with Crippen LogP contribution in [0.1, 0.15) is 30.3 Å². The number of carbonyl (C=O) groups is 1. The fraction of sp³-hybridized carbons (Fsp3) is 0.636. The van der Waals surface area contributed by atoms with Crippen molar-refractivity contribution >= 4 is 34.1 Å². The lowest BCUT2D eigenvalue weighted by atomic mass is 10.1. The van der Waals surface area contributed by atoms with Gasteiger partial charge < -0.3 is 10.1 Å². The van der Waals surface area contributed by atoms with E-state index in [-0.39, 0.29) is 5.97 Å². The average molecular weight is 272 g/mol. The summed E-state index contributed by atoms with van der Waals surface area (Å²) in [6.07, 6.45) is 2.29. The molecule has 6 heteroatoms. The quantitative estimate of drug-likeness (QED) is 0.854. The maximum Gasteiger partial charge on any atom is 0.360 e. The molecule has 17 heavy (non-hydrogen) atoms. The number of thioether (sulfide) groups is 1. The van der Waals surface area contributed by atoms with Gasteiger partial charge in [-0.3, -0.25) is 0 Å². The minimum absolute atomic E-state index is 0.332. The Hall–Kier alpha value is -0.750. The molecule has 1 aromatic rings. The first-order valence-corrected chi connectivity index (χ1v) is 7.79. The van der Waals surface area contributed by atoms with Crippen LogP contribution in [-0.2, 0) is 4.74 Å². The zero-order valence-corrected chi connectivity index (χ0v) is 11.4. The molecular formula is C11H16N2O2S2. The van der Waals surface area contributed by atoms with E-state index in [1.54, 1.807) is 12.4 Å². The summed E-state index contributed by atoms with van der Waals surface area (Å²) in [6.45, 7) is 2.19. The molecule has 2 rings (SSSR count). The molecule has 0 unspecified atom stereocenters. The normalized spacial score (nSPS) is 16.8. The molecule has 1 N–H and O–H groups in total. The lowest BCUT2D eigenvalue weighted by Gasteiger charge is -2.22. The van der Waals surface area contributed by atoms with Crippen molar-refractivity contribution < 1.29 is 9.53 Å². The van der Waals surface area contributed by atoms with E-state index in [2.05, 4.69) is 10.3 Å². The Bertz CT molecular complexity index is 375. The number of aromatic nitrogens is 1. The van der Waals surface area contributed by atoms with Gasteiger partial charge >= 0.3 is 5.97 Å². The monoisotopic (exact) mass is 272 g/mol. The number of esters is 1. The van der Waals surface area contributed by atoms with Crippen molar-refractivity contribution in [3.63, 3.8) is 0 Å². The maximum atomic E-state index is 11.6. The summed E-state index contributed by atoms with van der Waals surface area (Å²) in [5.74, 6) is 2.04. The van der Waals surface area contributed by atoms with Gasteiger partial charge in [0.25, 0.3) is 0 Å². The molecule has 0 saturated carbocycles. The third-order valence-corrected chi connectivity index (χ3v) is 4.40. The molecule has 0 radical (unpaired) electrons. The van der Waals surface area contributed by atoms with Crippen molar-refractivity contribution in [1.82, 2.24) is 4.98 Å². The molecule has 0 spiro atoms. The first kappa shape index (κ1) is 12.7. The molecule has 0 aliphatic carbocycles. The number of hydrogen-bond acceptors (Lipinski definition) is 6. The molecule has 0 amide bonds. The standard InChI is InChI=1S/C11H16N2O2S2/c1-2-15-11(14)9-10(17-7-12-9)13-8-3-5-16-6-4-8/h7-8,13H,2-6H2,1H3. The van der Waals surface area contributed by atoms with E-state index in [0.717, 1.165) is 17.8 Å². The van der Waals surface area contributed by atoms with Crippen LogP contribution in [-0.4, -0.2) is 35.1 Å². The van der Waals surface area contributed by atoms with Crippen molar-refractivity contribution in [1.29, 1.82) is 0 Å². The number of anilines is 1. The minimum atomic E-state index is -0.332. The van der Waals surface area contributed by atoms with Gasteiger partial charge in [-0.05, 0) is 31.3 Å². The Kier molecular flexibility index (Phi) is 4.67. The van der Waals surface area contributed by atoms with Gasteiger partial charge in [-0.2, -0.15) is 11.8 Å². The average Bonchev–Trinajstić information content (AvgIpc) is 2.79. The smallest absolute Gasteiger partial charge is 0.360 e.